The predicted octanol–water partition coefficient (Wildman–Crippen LogP) is 4.30. The third kappa shape index (κ3) is 6.13. The second kappa shape index (κ2) is 9.94. The monoisotopic (exact) mass is 447 g/mol. The highest BCUT2D eigenvalue weighted by Gasteiger charge is 2.14. The zero-order chi connectivity index (χ0) is 20.7. The molecule has 0 bridgehead atoms. The average molecular weight is 448 g/mol. The fourth-order valence-corrected chi connectivity index (χ4v) is 3.00. The first kappa shape index (κ1) is 21.5. The number of carbonyl (C=O) groups excluding carboxylic acids is 1. The molecule has 0 saturated heterocycles. The summed E-state index contributed by atoms with van der Waals surface area (Å²) in [6.45, 7) is 5.89. The minimum absolute atomic E-state index is 0.227. The van der Waals surface area contributed by atoms with Crippen LogP contribution in [-0.2, 0) is 16.2 Å². The third-order valence-electron chi connectivity index (χ3n) is 3.69. The van der Waals surface area contributed by atoms with E-state index in [9.17, 15) is 14.7 Å². The van der Waals surface area contributed by atoms with Crippen LogP contribution in [0, 0.1) is 6.92 Å². The Labute approximate surface area is 172 Å². The molecule has 0 aliphatic carbocycles. The highest BCUT2D eigenvalue weighted by molar-refractivity contribution is 9.10. The van der Waals surface area contributed by atoms with E-state index in [0.29, 0.717) is 34.7 Å². The number of aryl methyl sites for hydroxylation is 1. The summed E-state index contributed by atoms with van der Waals surface area (Å²) in [5.41, 5.74) is 2.51. The highest BCUT2D eigenvalue weighted by Crippen LogP contribution is 2.38. The Hall–Kier alpha value is -2.80. The standard InChI is InChI=1S/C21H22BrNO5/c1-4-27-19-11-16(10-18(21(25)26)23-14(3)24)9-17(22)20(19)28-12-15-7-5-13(2)6-8-15/h5-11H,4,12H2,1-3H3,(H,23,24)(H,25,26). The van der Waals surface area contributed by atoms with Gasteiger partial charge in [-0.25, -0.2) is 4.79 Å². The molecule has 148 valence electrons. The first-order chi connectivity index (χ1) is 13.3. The topological polar surface area (TPSA) is 84.9 Å². The number of rotatable bonds is 8. The number of aliphatic carboxylic acids is 1. The van der Waals surface area contributed by atoms with E-state index in [2.05, 4.69) is 21.2 Å². The summed E-state index contributed by atoms with van der Waals surface area (Å²) in [6.07, 6.45) is 1.36. The summed E-state index contributed by atoms with van der Waals surface area (Å²) in [5.74, 6) is -0.696. The molecule has 0 fully saturated rings. The van der Waals surface area contributed by atoms with E-state index in [1.807, 2.05) is 38.1 Å². The quantitative estimate of drug-likeness (QED) is 0.589. The Kier molecular flexibility index (Phi) is 7.63. The molecule has 0 saturated carbocycles. The van der Waals surface area contributed by atoms with Crippen molar-refractivity contribution in [1.82, 2.24) is 5.32 Å². The van der Waals surface area contributed by atoms with Gasteiger partial charge in [-0.05, 0) is 59.1 Å². The van der Waals surface area contributed by atoms with Crippen LogP contribution < -0.4 is 14.8 Å². The second-order valence-corrected chi connectivity index (χ2v) is 6.94. The van der Waals surface area contributed by atoms with Crippen LogP contribution in [0.4, 0.5) is 0 Å². The molecule has 0 heterocycles. The van der Waals surface area contributed by atoms with Gasteiger partial charge in [0.25, 0.3) is 0 Å². The molecular formula is C21H22BrNO5. The number of carboxylic acid groups (broad SMARTS) is 1. The third-order valence-corrected chi connectivity index (χ3v) is 4.28. The number of nitrogens with one attached hydrogen (secondary N) is 1. The van der Waals surface area contributed by atoms with Crippen molar-refractivity contribution in [3.8, 4) is 11.5 Å². The van der Waals surface area contributed by atoms with Crippen LogP contribution in [-0.4, -0.2) is 23.6 Å². The van der Waals surface area contributed by atoms with Gasteiger partial charge in [0.2, 0.25) is 5.91 Å². The van der Waals surface area contributed by atoms with E-state index in [4.69, 9.17) is 9.47 Å². The number of hydrogen-bond acceptors (Lipinski definition) is 4. The number of amides is 1. The molecule has 2 rings (SSSR count). The molecule has 1 amide bonds. The van der Waals surface area contributed by atoms with E-state index >= 15 is 0 Å². The molecule has 0 aromatic heterocycles. The fourth-order valence-electron chi connectivity index (χ4n) is 2.42. The maximum Gasteiger partial charge on any atom is 0.352 e. The van der Waals surface area contributed by atoms with Crippen molar-refractivity contribution in [2.45, 2.75) is 27.4 Å². The van der Waals surface area contributed by atoms with Gasteiger partial charge in [-0.2, -0.15) is 0 Å². The Morgan fingerprint density at radius 3 is 2.43 bits per heavy atom. The number of hydrogen-bond donors (Lipinski definition) is 2. The maximum absolute atomic E-state index is 11.3. The van der Waals surface area contributed by atoms with Crippen LogP contribution in [0.25, 0.3) is 6.08 Å². The van der Waals surface area contributed by atoms with Gasteiger partial charge in [0.15, 0.2) is 11.5 Å². The van der Waals surface area contributed by atoms with Gasteiger partial charge in [0, 0.05) is 6.92 Å². The molecule has 0 aliphatic rings. The molecule has 2 aromatic rings. The maximum atomic E-state index is 11.3. The first-order valence-corrected chi connectivity index (χ1v) is 9.46. The smallest absolute Gasteiger partial charge is 0.352 e. The number of ether oxygens (including phenoxy) is 2. The van der Waals surface area contributed by atoms with Crippen LogP contribution in [0.2, 0.25) is 0 Å². The SMILES string of the molecule is CCOc1cc(C=C(NC(C)=O)C(=O)O)cc(Br)c1OCc1ccc(C)cc1. The van der Waals surface area contributed by atoms with Crippen LogP contribution >= 0.6 is 15.9 Å². The highest BCUT2D eigenvalue weighted by atomic mass is 79.9. The molecule has 0 radical (unpaired) electrons. The van der Waals surface area contributed by atoms with Crippen LogP contribution in [0.5, 0.6) is 11.5 Å². The number of carboxylic acids is 1. The van der Waals surface area contributed by atoms with Gasteiger partial charge in [0.1, 0.15) is 12.3 Å². The fraction of sp³-hybridized carbons (Fsp3) is 0.238. The lowest BCUT2D eigenvalue weighted by atomic mass is 10.1. The second-order valence-electron chi connectivity index (χ2n) is 6.08. The summed E-state index contributed by atoms with van der Waals surface area (Å²) in [5, 5.41) is 11.6. The van der Waals surface area contributed by atoms with Gasteiger partial charge in [-0.3, -0.25) is 4.79 Å². The lowest BCUT2D eigenvalue weighted by Gasteiger charge is -2.15. The number of benzene rings is 2. The minimum atomic E-state index is -1.23. The lowest BCUT2D eigenvalue weighted by molar-refractivity contribution is -0.134. The average Bonchev–Trinajstić information content (AvgIpc) is 2.62. The largest absolute Gasteiger partial charge is 0.490 e. The Morgan fingerprint density at radius 2 is 1.86 bits per heavy atom. The normalized spacial score (nSPS) is 11.1. The molecule has 28 heavy (non-hydrogen) atoms. The zero-order valence-electron chi connectivity index (χ0n) is 15.9. The number of halogens is 1. The molecule has 2 aromatic carbocycles. The summed E-state index contributed by atoms with van der Waals surface area (Å²) in [7, 11) is 0. The van der Waals surface area contributed by atoms with Crippen molar-refractivity contribution in [1.29, 1.82) is 0 Å². The molecule has 0 spiro atoms. The molecule has 0 aliphatic heterocycles. The molecular weight excluding hydrogens is 426 g/mol. The van der Waals surface area contributed by atoms with Crippen LogP contribution in [0.15, 0.2) is 46.6 Å². The van der Waals surface area contributed by atoms with Gasteiger partial charge in [-0.1, -0.05) is 29.8 Å². The van der Waals surface area contributed by atoms with E-state index < -0.39 is 11.9 Å². The van der Waals surface area contributed by atoms with E-state index in [1.165, 1.54) is 18.6 Å². The van der Waals surface area contributed by atoms with Crippen LogP contribution in [0.3, 0.4) is 0 Å². The Morgan fingerprint density at radius 1 is 1.18 bits per heavy atom. The predicted molar refractivity (Wildman–Crippen MR) is 110 cm³/mol. The van der Waals surface area contributed by atoms with Crippen LogP contribution in [0.1, 0.15) is 30.5 Å². The summed E-state index contributed by atoms with van der Waals surface area (Å²) in [6, 6.07) is 11.4. The molecule has 2 N–H and O–H groups in total. The zero-order valence-corrected chi connectivity index (χ0v) is 17.5. The van der Waals surface area contributed by atoms with Crippen molar-refractivity contribution in [3.63, 3.8) is 0 Å². The summed E-state index contributed by atoms with van der Waals surface area (Å²) < 4.78 is 12.2. The van der Waals surface area contributed by atoms with Gasteiger partial charge in [0.05, 0.1) is 11.1 Å². The van der Waals surface area contributed by atoms with Crippen molar-refractivity contribution >= 4 is 33.9 Å². The van der Waals surface area contributed by atoms with E-state index in [0.717, 1.165) is 5.56 Å². The van der Waals surface area contributed by atoms with Crippen molar-refractivity contribution in [2.75, 3.05) is 6.61 Å². The van der Waals surface area contributed by atoms with Crippen molar-refractivity contribution < 1.29 is 24.2 Å². The van der Waals surface area contributed by atoms with Gasteiger partial charge in [-0.15, -0.1) is 0 Å². The summed E-state index contributed by atoms with van der Waals surface area (Å²) in [4.78, 5) is 22.5. The van der Waals surface area contributed by atoms with Gasteiger partial charge < -0.3 is 19.9 Å². The Bertz CT molecular complexity index is 890. The Balaban J connectivity index is 2.33. The molecule has 0 atom stereocenters. The van der Waals surface area contributed by atoms with E-state index in [1.54, 1.807) is 12.1 Å². The minimum Gasteiger partial charge on any atom is -0.490 e. The van der Waals surface area contributed by atoms with E-state index in [-0.39, 0.29) is 5.70 Å². The molecule has 6 nitrogen and oxygen atoms in total. The molecule has 7 heteroatoms. The molecule has 0 unspecified atom stereocenters. The van der Waals surface area contributed by atoms with Gasteiger partial charge >= 0.3 is 5.97 Å². The summed E-state index contributed by atoms with van der Waals surface area (Å²) >= 11 is 3.46. The first-order valence-electron chi connectivity index (χ1n) is 8.67. The van der Waals surface area contributed by atoms with Crippen molar-refractivity contribution in [3.05, 3.63) is 63.3 Å². The lowest BCUT2D eigenvalue weighted by Crippen LogP contribution is -2.24. The number of carbonyl (C=O) groups is 2. The van der Waals surface area contributed by atoms with Crippen molar-refractivity contribution in [2.24, 2.45) is 0 Å².